The Balaban J connectivity index is 1.14. The number of hydrogen-bond acceptors (Lipinski definition) is 8. The van der Waals surface area contributed by atoms with E-state index in [-0.39, 0.29) is 43.5 Å². The van der Waals surface area contributed by atoms with Crippen LogP contribution in [0.3, 0.4) is 0 Å². The number of carbonyl (C=O) groups is 3. The lowest BCUT2D eigenvalue weighted by Gasteiger charge is -2.45. The van der Waals surface area contributed by atoms with E-state index >= 15 is 0 Å². The van der Waals surface area contributed by atoms with E-state index in [1.54, 1.807) is 0 Å². The zero-order valence-corrected chi connectivity index (χ0v) is 27.1. The number of amides is 2. The number of benzene rings is 3. The number of para-hydroxylation sites is 1. The first-order chi connectivity index (χ1) is 23.3. The van der Waals surface area contributed by atoms with Gasteiger partial charge in [-0.3, -0.25) is 14.4 Å². The van der Waals surface area contributed by atoms with E-state index in [9.17, 15) is 19.5 Å². The Morgan fingerprint density at radius 2 is 1.67 bits per heavy atom. The largest absolute Gasteiger partial charge is 0.481 e. The van der Waals surface area contributed by atoms with Gasteiger partial charge in [0.1, 0.15) is 5.54 Å². The van der Waals surface area contributed by atoms with Crippen molar-refractivity contribution < 1.29 is 34.1 Å². The Labute approximate surface area is 280 Å². The number of carboxylic acid groups (broad SMARTS) is 1. The average molecular weight is 657 g/mol. The fourth-order valence-corrected chi connectivity index (χ4v) is 7.01. The van der Waals surface area contributed by atoms with Crippen LogP contribution in [0.15, 0.2) is 78.9 Å². The number of aliphatic hydroxyl groups is 1. The van der Waals surface area contributed by atoms with E-state index in [4.69, 9.17) is 14.6 Å². The molecule has 254 valence electrons. The van der Waals surface area contributed by atoms with Crippen molar-refractivity contribution in [2.24, 2.45) is 0 Å². The van der Waals surface area contributed by atoms with Gasteiger partial charge < -0.3 is 40.1 Å². The first-order valence-electron chi connectivity index (χ1n) is 16.8. The minimum atomic E-state index is -0.864. The zero-order valence-electron chi connectivity index (χ0n) is 27.1. The summed E-state index contributed by atoms with van der Waals surface area (Å²) in [4.78, 5) is 41.1. The molecule has 11 heteroatoms. The average Bonchev–Trinajstić information content (AvgIpc) is 3.42. The molecule has 3 aliphatic rings. The normalized spacial score (nSPS) is 22.4. The number of nitrogens with one attached hydrogen (secondary N) is 2. The van der Waals surface area contributed by atoms with Crippen LogP contribution in [0.1, 0.15) is 74.0 Å². The van der Waals surface area contributed by atoms with Gasteiger partial charge in [0.25, 0.3) is 0 Å². The summed E-state index contributed by atoms with van der Waals surface area (Å²) in [5, 5.41) is 24.4. The van der Waals surface area contributed by atoms with Crippen LogP contribution < -0.4 is 15.5 Å². The van der Waals surface area contributed by atoms with E-state index in [1.165, 1.54) is 0 Å². The topological polar surface area (TPSA) is 141 Å². The highest BCUT2D eigenvalue weighted by Gasteiger charge is 2.50. The van der Waals surface area contributed by atoms with Crippen LogP contribution in [0.5, 0.6) is 0 Å². The number of aliphatic hydroxyl groups excluding tert-OH is 1. The molecule has 3 heterocycles. The lowest BCUT2D eigenvalue weighted by molar-refractivity contribution is -0.253. The number of ether oxygens (including phenoxy) is 2. The molecule has 6 rings (SSSR count). The molecular formula is C37H44N4O7. The standard InChI is InChI=1S/C37H44N4O7/c42-24-26-13-15-27(16-14-26)32-22-31(23-40-19-17-37(18-20-40)36(46)38-25-41(37)30-9-2-1-3-10-30)47-35(48-32)28-7-6-8-29(21-28)39-33(43)11-4-5-12-34(44)45/h1-3,6-10,13-16,21,31-32,35,42H,4-5,11-12,17-20,22-25H2,(H,38,46)(H,39,43)(H,44,45)/t31-,32+,35+/m0/s1. The van der Waals surface area contributed by atoms with E-state index in [0.717, 1.165) is 35.5 Å². The second-order valence-electron chi connectivity index (χ2n) is 12.9. The van der Waals surface area contributed by atoms with Gasteiger partial charge in [-0.1, -0.05) is 54.6 Å². The molecule has 2 amide bonds. The maximum absolute atomic E-state index is 13.2. The molecule has 11 nitrogen and oxygen atoms in total. The number of unbranched alkanes of at least 4 members (excludes halogenated alkanes) is 1. The molecule has 3 atom stereocenters. The molecule has 0 bridgehead atoms. The smallest absolute Gasteiger partial charge is 0.303 e. The third-order valence-electron chi connectivity index (χ3n) is 9.65. The third kappa shape index (κ3) is 7.87. The van der Waals surface area contributed by atoms with Gasteiger partial charge >= 0.3 is 5.97 Å². The number of carboxylic acids is 1. The number of hydrogen-bond donors (Lipinski definition) is 4. The summed E-state index contributed by atoms with van der Waals surface area (Å²) in [6, 6.07) is 25.3. The summed E-state index contributed by atoms with van der Waals surface area (Å²) < 4.78 is 13.1. The molecule has 3 aromatic rings. The van der Waals surface area contributed by atoms with E-state index in [1.807, 2.05) is 66.7 Å². The fraction of sp³-hybridized carbons (Fsp3) is 0.432. The van der Waals surface area contributed by atoms with Crippen molar-refractivity contribution in [3.63, 3.8) is 0 Å². The van der Waals surface area contributed by atoms with Crippen molar-refractivity contribution in [1.82, 2.24) is 10.2 Å². The first kappa shape index (κ1) is 33.6. The second kappa shape index (κ2) is 15.3. The monoisotopic (exact) mass is 656 g/mol. The molecule has 0 unspecified atom stereocenters. The number of carbonyl (C=O) groups excluding carboxylic acids is 2. The minimum absolute atomic E-state index is 0.0333. The fourth-order valence-electron chi connectivity index (χ4n) is 7.01. The molecule has 1 spiro atoms. The van der Waals surface area contributed by atoms with Crippen molar-refractivity contribution in [2.45, 2.75) is 75.6 Å². The summed E-state index contributed by atoms with van der Waals surface area (Å²) in [6.07, 6.45) is 2.21. The molecule has 3 saturated heterocycles. The summed E-state index contributed by atoms with van der Waals surface area (Å²) in [5.41, 5.74) is 3.71. The summed E-state index contributed by atoms with van der Waals surface area (Å²) in [7, 11) is 0. The maximum atomic E-state index is 13.2. The van der Waals surface area contributed by atoms with Gasteiger partial charge in [-0.25, -0.2) is 0 Å². The van der Waals surface area contributed by atoms with Crippen LogP contribution in [0, 0.1) is 0 Å². The quantitative estimate of drug-likeness (QED) is 0.204. The van der Waals surface area contributed by atoms with Crippen molar-refractivity contribution in [3.8, 4) is 0 Å². The maximum Gasteiger partial charge on any atom is 0.303 e. The number of aliphatic carboxylic acids is 1. The Hall–Kier alpha value is -4.29. The molecule has 0 radical (unpaired) electrons. The predicted molar refractivity (Wildman–Crippen MR) is 180 cm³/mol. The Kier molecular flexibility index (Phi) is 10.7. The number of rotatable bonds is 12. The molecule has 48 heavy (non-hydrogen) atoms. The van der Waals surface area contributed by atoms with Gasteiger partial charge in [0.15, 0.2) is 6.29 Å². The highest BCUT2D eigenvalue weighted by molar-refractivity contribution is 5.93. The molecule has 0 saturated carbocycles. The van der Waals surface area contributed by atoms with E-state index in [0.29, 0.717) is 51.0 Å². The highest BCUT2D eigenvalue weighted by Crippen LogP contribution is 2.40. The van der Waals surface area contributed by atoms with Gasteiger partial charge in [0, 0.05) is 55.8 Å². The lowest BCUT2D eigenvalue weighted by atomic mass is 9.85. The van der Waals surface area contributed by atoms with Crippen LogP contribution in [0.4, 0.5) is 11.4 Å². The SMILES string of the molecule is O=C(O)CCCCC(=O)Nc1cccc([C@@H]2O[C@H](CN3CCC4(CC3)C(=O)NCN4c3ccccc3)C[C@H](c3ccc(CO)cc3)O2)c1. The van der Waals surface area contributed by atoms with Crippen LogP contribution in [0.2, 0.25) is 0 Å². The van der Waals surface area contributed by atoms with Gasteiger partial charge in [-0.05, 0) is 61.1 Å². The molecule has 3 aromatic carbocycles. The van der Waals surface area contributed by atoms with Gasteiger partial charge in [0.05, 0.1) is 25.5 Å². The summed E-state index contributed by atoms with van der Waals surface area (Å²) in [6.45, 7) is 2.67. The first-order valence-corrected chi connectivity index (χ1v) is 16.8. The lowest BCUT2D eigenvalue weighted by Crippen LogP contribution is -2.57. The molecular weight excluding hydrogens is 612 g/mol. The third-order valence-corrected chi connectivity index (χ3v) is 9.65. The Bertz CT molecular complexity index is 1560. The summed E-state index contributed by atoms with van der Waals surface area (Å²) >= 11 is 0. The second-order valence-corrected chi connectivity index (χ2v) is 12.9. The molecule has 0 aromatic heterocycles. The number of piperidine rings is 1. The van der Waals surface area contributed by atoms with Crippen LogP contribution >= 0.6 is 0 Å². The summed E-state index contributed by atoms with van der Waals surface area (Å²) in [5.74, 6) is -0.948. The van der Waals surface area contributed by atoms with Crippen molar-refractivity contribution in [3.05, 3.63) is 95.6 Å². The minimum Gasteiger partial charge on any atom is -0.481 e. The van der Waals surface area contributed by atoms with Crippen LogP contribution in [-0.4, -0.2) is 70.8 Å². The van der Waals surface area contributed by atoms with Crippen molar-refractivity contribution in [1.29, 1.82) is 0 Å². The van der Waals surface area contributed by atoms with Crippen molar-refractivity contribution >= 4 is 29.2 Å². The van der Waals surface area contributed by atoms with E-state index in [2.05, 4.69) is 32.6 Å². The number of likely N-dealkylation sites (tertiary alicyclic amines) is 1. The predicted octanol–water partition coefficient (Wildman–Crippen LogP) is 4.74. The van der Waals surface area contributed by atoms with Crippen LogP contribution in [0.25, 0.3) is 0 Å². The van der Waals surface area contributed by atoms with Crippen molar-refractivity contribution in [2.75, 3.05) is 36.5 Å². The Morgan fingerprint density at radius 3 is 2.40 bits per heavy atom. The van der Waals surface area contributed by atoms with Gasteiger partial charge in [-0.15, -0.1) is 0 Å². The number of anilines is 2. The number of nitrogens with zero attached hydrogens (tertiary/aromatic N) is 2. The van der Waals surface area contributed by atoms with Gasteiger partial charge in [-0.2, -0.15) is 0 Å². The zero-order chi connectivity index (χ0) is 33.5. The van der Waals surface area contributed by atoms with E-state index < -0.39 is 17.8 Å². The van der Waals surface area contributed by atoms with Gasteiger partial charge in [0.2, 0.25) is 11.8 Å². The molecule has 4 N–H and O–H groups in total. The molecule has 0 aliphatic carbocycles. The highest BCUT2D eigenvalue weighted by atomic mass is 16.7. The molecule has 3 aliphatic heterocycles. The van der Waals surface area contributed by atoms with Crippen LogP contribution in [-0.2, 0) is 30.5 Å². The Morgan fingerprint density at radius 1 is 0.917 bits per heavy atom. The molecule has 3 fully saturated rings.